The predicted molar refractivity (Wildman–Crippen MR) is 65.2 cm³/mol. The van der Waals surface area contributed by atoms with Crippen LogP contribution in [0.3, 0.4) is 0 Å². The van der Waals surface area contributed by atoms with Crippen LogP contribution in [0, 0.1) is 12.7 Å². The van der Waals surface area contributed by atoms with Crippen molar-refractivity contribution >= 4 is 5.97 Å². The molecule has 2 N–H and O–H groups in total. The van der Waals surface area contributed by atoms with Gasteiger partial charge in [0.05, 0.1) is 5.56 Å². The van der Waals surface area contributed by atoms with Gasteiger partial charge in [-0.3, -0.25) is 0 Å². The van der Waals surface area contributed by atoms with E-state index in [0.29, 0.717) is 16.7 Å². The van der Waals surface area contributed by atoms with E-state index >= 15 is 0 Å². The largest absolute Gasteiger partial charge is 0.508 e. The number of hydrogen-bond acceptors (Lipinski definition) is 2. The summed E-state index contributed by atoms with van der Waals surface area (Å²) in [6.07, 6.45) is 0. The molecule has 0 saturated heterocycles. The van der Waals surface area contributed by atoms with Crippen LogP contribution in [0.25, 0.3) is 11.1 Å². The van der Waals surface area contributed by atoms with Gasteiger partial charge in [0.15, 0.2) is 0 Å². The quantitative estimate of drug-likeness (QED) is 0.855. The first-order valence-electron chi connectivity index (χ1n) is 5.31. The molecule has 0 fully saturated rings. The minimum atomic E-state index is -1.12. The van der Waals surface area contributed by atoms with Crippen LogP contribution in [0.4, 0.5) is 4.39 Å². The van der Waals surface area contributed by atoms with Crippen molar-refractivity contribution in [1.82, 2.24) is 0 Å². The lowest BCUT2D eigenvalue weighted by Crippen LogP contribution is -1.96. The van der Waals surface area contributed by atoms with Gasteiger partial charge in [-0.2, -0.15) is 0 Å². The van der Waals surface area contributed by atoms with Crippen molar-refractivity contribution in [1.29, 1.82) is 0 Å². The molecule has 0 spiro atoms. The van der Waals surface area contributed by atoms with E-state index in [4.69, 9.17) is 5.11 Å². The number of rotatable bonds is 2. The van der Waals surface area contributed by atoms with Crippen LogP contribution >= 0.6 is 0 Å². The molecule has 2 rings (SSSR count). The highest BCUT2D eigenvalue weighted by molar-refractivity contribution is 5.90. The Bertz CT molecular complexity index is 620. The van der Waals surface area contributed by atoms with Crippen molar-refractivity contribution in [3.8, 4) is 16.9 Å². The lowest BCUT2D eigenvalue weighted by Gasteiger charge is -2.06. The Hall–Kier alpha value is -2.36. The average Bonchev–Trinajstić information content (AvgIpc) is 2.31. The summed E-state index contributed by atoms with van der Waals surface area (Å²) in [5, 5.41) is 18.4. The van der Waals surface area contributed by atoms with E-state index in [1.54, 1.807) is 19.1 Å². The number of aromatic carboxylic acids is 1. The Morgan fingerprint density at radius 2 is 1.83 bits per heavy atom. The molecule has 0 aromatic heterocycles. The summed E-state index contributed by atoms with van der Waals surface area (Å²) in [6.45, 7) is 1.62. The number of carboxylic acids is 1. The fraction of sp³-hybridized carbons (Fsp3) is 0.0714. The predicted octanol–water partition coefficient (Wildman–Crippen LogP) is 3.20. The van der Waals surface area contributed by atoms with Gasteiger partial charge in [0.25, 0.3) is 0 Å². The maximum atomic E-state index is 13.2. The summed E-state index contributed by atoms with van der Waals surface area (Å²) >= 11 is 0. The average molecular weight is 246 g/mol. The summed E-state index contributed by atoms with van der Waals surface area (Å²) in [6, 6.07) is 8.52. The van der Waals surface area contributed by atoms with Crippen molar-refractivity contribution in [3.63, 3.8) is 0 Å². The number of carbonyl (C=O) groups is 1. The second kappa shape index (κ2) is 4.49. The van der Waals surface area contributed by atoms with E-state index in [1.165, 1.54) is 24.3 Å². The number of phenolic OH excluding ortho intramolecular Hbond substituents is 1. The standard InChI is InChI=1S/C14H11FO3/c1-8-4-9(2-3-13(8)15)10-5-11(14(17)18)7-12(16)6-10/h2-7,16H,1H3,(H,17,18). The first-order valence-corrected chi connectivity index (χ1v) is 5.31. The number of carboxylic acid groups (broad SMARTS) is 1. The molecule has 2 aromatic rings. The normalized spacial score (nSPS) is 10.3. The van der Waals surface area contributed by atoms with Gasteiger partial charge in [-0.05, 0) is 53.9 Å². The second-order valence-corrected chi connectivity index (χ2v) is 4.04. The van der Waals surface area contributed by atoms with Crippen molar-refractivity contribution < 1.29 is 19.4 Å². The molecule has 0 heterocycles. The summed E-state index contributed by atoms with van der Waals surface area (Å²) in [5.41, 5.74) is 1.66. The van der Waals surface area contributed by atoms with Crippen molar-refractivity contribution in [3.05, 3.63) is 53.3 Å². The van der Waals surface area contributed by atoms with Crippen LogP contribution in [0.1, 0.15) is 15.9 Å². The van der Waals surface area contributed by atoms with Gasteiger partial charge in [-0.1, -0.05) is 6.07 Å². The summed E-state index contributed by atoms with van der Waals surface area (Å²) in [4.78, 5) is 10.9. The van der Waals surface area contributed by atoms with Crippen LogP contribution < -0.4 is 0 Å². The lowest BCUT2D eigenvalue weighted by molar-refractivity contribution is 0.0696. The third kappa shape index (κ3) is 2.32. The third-order valence-electron chi connectivity index (χ3n) is 2.66. The van der Waals surface area contributed by atoms with Gasteiger partial charge in [0, 0.05) is 0 Å². The molecule has 0 bridgehead atoms. The summed E-state index contributed by atoms with van der Waals surface area (Å²) in [5.74, 6) is -1.57. The summed E-state index contributed by atoms with van der Waals surface area (Å²) < 4.78 is 13.2. The van der Waals surface area contributed by atoms with E-state index < -0.39 is 5.97 Å². The van der Waals surface area contributed by atoms with Crippen LogP contribution in [0.15, 0.2) is 36.4 Å². The fourth-order valence-corrected chi connectivity index (χ4v) is 1.73. The number of aryl methyl sites for hydroxylation is 1. The minimum absolute atomic E-state index is 0.00743. The zero-order valence-electron chi connectivity index (χ0n) is 9.64. The molecule has 92 valence electrons. The van der Waals surface area contributed by atoms with E-state index in [-0.39, 0.29) is 17.1 Å². The molecule has 0 unspecified atom stereocenters. The van der Waals surface area contributed by atoms with Crippen LogP contribution in [-0.4, -0.2) is 16.2 Å². The Morgan fingerprint density at radius 1 is 1.11 bits per heavy atom. The lowest BCUT2D eigenvalue weighted by atomic mass is 10.0. The molecule has 0 aliphatic carbocycles. The molecule has 0 aliphatic rings. The topological polar surface area (TPSA) is 57.5 Å². The van der Waals surface area contributed by atoms with Gasteiger partial charge < -0.3 is 10.2 Å². The maximum Gasteiger partial charge on any atom is 0.335 e. The Kier molecular flexibility index (Phi) is 3.02. The van der Waals surface area contributed by atoms with Crippen molar-refractivity contribution in [2.75, 3.05) is 0 Å². The van der Waals surface area contributed by atoms with E-state index in [1.807, 2.05) is 0 Å². The Labute approximate surface area is 103 Å². The molecule has 0 saturated carbocycles. The van der Waals surface area contributed by atoms with Crippen molar-refractivity contribution in [2.45, 2.75) is 6.92 Å². The molecule has 0 amide bonds. The smallest absolute Gasteiger partial charge is 0.335 e. The number of aromatic hydroxyl groups is 1. The van der Waals surface area contributed by atoms with E-state index in [0.717, 1.165) is 0 Å². The van der Waals surface area contributed by atoms with Crippen LogP contribution in [0.5, 0.6) is 5.75 Å². The molecule has 0 atom stereocenters. The van der Waals surface area contributed by atoms with E-state index in [9.17, 15) is 14.3 Å². The molecule has 2 aromatic carbocycles. The first kappa shape index (κ1) is 12.1. The molecular weight excluding hydrogens is 235 g/mol. The fourth-order valence-electron chi connectivity index (χ4n) is 1.73. The van der Waals surface area contributed by atoms with Gasteiger partial charge >= 0.3 is 5.97 Å². The monoisotopic (exact) mass is 246 g/mol. The Balaban J connectivity index is 2.56. The zero-order valence-corrected chi connectivity index (χ0v) is 9.64. The Morgan fingerprint density at radius 3 is 2.44 bits per heavy atom. The number of benzene rings is 2. The SMILES string of the molecule is Cc1cc(-c2cc(O)cc(C(=O)O)c2)ccc1F. The summed E-state index contributed by atoms with van der Waals surface area (Å²) in [7, 11) is 0. The number of phenols is 1. The highest BCUT2D eigenvalue weighted by Crippen LogP contribution is 2.26. The molecular formula is C14H11FO3. The van der Waals surface area contributed by atoms with Gasteiger partial charge in [0.2, 0.25) is 0 Å². The van der Waals surface area contributed by atoms with E-state index in [2.05, 4.69) is 0 Å². The maximum absolute atomic E-state index is 13.2. The number of halogens is 1. The third-order valence-corrected chi connectivity index (χ3v) is 2.66. The van der Waals surface area contributed by atoms with Gasteiger partial charge in [-0.15, -0.1) is 0 Å². The highest BCUT2D eigenvalue weighted by atomic mass is 19.1. The van der Waals surface area contributed by atoms with Crippen LogP contribution in [0.2, 0.25) is 0 Å². The highest BCUT2D eigenvalue weighted by Gasteiger charge is 2.09. The molecule has 0 aliphatic heterocycles. The molecule has 4 heteroatoms. The number of hydrogen-bond donors (Lipinski definition) is 2. The minimum Gasteiger partial charge on any atom is -0.508 e. The molecule has 18 heavy (non-hydrogen) atoms. The second-order valence-electron chi connectivity index (χ2n) is 4.04. The first-order chi connectivity index (χ1) is 8.47. The van der Waals surface area contributed by atoms with Crippen LogP contribution in [-0.2, 0) is 0 Å². The zero-order chi connectivity index (χ0) is 13.3. The molecule has 3 nitrogen and oxygen atoms in total. The molecule has 0 radical (unpaired) electrons. The van der Waals surface area contributed by atoms with Gasteiger partial charge in [0.1, 0.15) is 11.6 Å². The van der Waals surface area contributed by atoms with Crippen molar-refractivity contribution in [2.24, 2.45) is 0 Å². The van der Waals surface area contributed by atoms with Gasteiger partial charge in [-0.25, -0.2) is 9.18 Å².